The highest BCUT2D eigenvalue weighted by atomic mass is 16.6. The van der Waals surface area contributed by atoms with Crippen LogP contribution in [-0.2, 0) is 54.3 Å². The van der Waals surface area contributed by atoms with Crippen LogP contribution in [0.3, 0.4) is 0 Å². The van der Waals surface area contributed by atoms with E-state index in [1.165, 1.54) is 31.3 Å². The van der Waals surface area contributed by atoms with Crippen molar-refractivity contribution in [1.82, 2.24) is 46.1 Å². The molecule has 1 fully saturated rings. The summed E-state index contributed by atoms with van der Waals surface area (Å²) in [5, 5.41) is 44.8. The van der Waals surface area contributed by atoms with E-state index < -0.39 is 115 Å². The van der Waals surface area contributed by atoms with Crippen LogP contribution in [0.4, 0.5) is 5.82 Å². The molecule has 8 atom stereocenters. The molecule has 12 N–H and O–H groups in total. The van der Waals surface area contributed by atoms with E-state index in [4.69, 9.17) is 25.7 Å². The van der Waals surface area contributed by atoms with Crippen LogP contribution in [0.1, 0.15) is 97.3 Å². The van der Waals surface area contributed by atoms with Crippen LogP contribution >= 0.6 is 0 Å². The highest BCUT2D eigenvalue weighted by molar-refractivity contribution is 5.95. The molecular formula is C49H73N13O14. The number of ketones is 1. The number of aliphatic carboxylic acids is 1. The average Bonchev–Trinajstić information content (AvgIpc) is 3.92. The minimum absolute atomic E-state index is 0.0275. The first-order chi connectivity index (χ1) is 35.9. The van der Waals surface area contributed by atoms with Crippen molar-refractivity contribution in [2.45, 2.75) is 140 Å². The Morgan fingerprint density at radius 3 is 2.18 bits per heavy atom. The quantitative estimate of drug-likeness (QED) is 0.0163. The van der Waals surface area contributed by atoms with E-state index in [2.05, 4.69) is 46.5 Å². The monoisotopic (exact) mass is 1070 g/mol. The number of hydrogen-bond donors (Lipinski definition) is 10. The maximum atomic E-state index is 14.4. The Morgan fingerprint density at radius 1 is 0.868 bits per heavy atom. The number of amides is 5. The first-order valence-electron chi connectivity index (χ1n) is 24.8. The van der Waals surface area contributed by atoms with Crippen LogP contribution < -0.4 is 47.7 Å². The maximum absolute atomic E-state index is 14.4. The number of aliphatic hydroxyl groups is 2. The molecule has 0 saturated carbocycles. The number of aliphatic imine (C=N–C) groups is 1. The zero-order valence-corrected chi connectivity index (χ0v) is 43.9. The molecule has 1 aromatic carbocycles. The van der Waals surface area contributed by atoms with Gasteiger partial charge in [0.25, 0.3) is 0 Å². The molecule has 0 aliphatic carbocycles. The number of benzene rings is 1. The molecule has 4 rings (SSSR count). The summed E-state index contributed by atoms with van der Waals surface area (Å²) in [5.74, 6) is -6.81. The summed E-state index contributed by atoms with van der Waals surface area (Å²) in [7, 11) is 5.01. The minimum Gasteiger partial charge on any atom is -0.497 e. The third-order valence-corrected chi connectivity index (χ3v) is 12.0. The van der Waals surface area contributed by atoms with E-state index >= 15 is 0 Å². The SMILES string of the molecule is COc1ccc(CC(NC(=O)C(CCCCCC(C)=O)NC(=O)CC(NC(=O)CNC(=O)C(CCCN=C(N)N)CC(=O)OC(C)(C)C)C(=O)O)C(=O)N[C@@H]2C(O)[C@H](n3cnc4c(N(C)C)ncnc43)O[C@@H]2CO)cc1. The topological polar surface area (TPSA) is 396 Å². The van der Waals surface area contributed by atoms with Gasteiger partial charge in [-0.3, -0.25) is 38.3 Å². The number of fused-ring (bicyclic) bond motifs is 1. The number of methoxy groups -OCH3 is 1. The lowest BCUT2D eigenvalue weighted by molar-refractivity contribution is -0.157. The molecule has 0 radical (unpaired) electrons. The molecule has 1 saturated heterocycles. The number of carboxylic acids is 1. The van der Waals surface area contributed by atoms with Crippen LogP contribution in [-0.4, -0.2) is 171 Å². The van der Waals surface area contributed by atoms with Crippen molar-refractivity contribution in [2.24, 2.45) is 22.4 Å². The van der Waals surface area contributed by atoms with Crippen LogP contribution in [0.5, 0.6) is 5.75 Å². The number of Topliss-reactive ketones (excluding diaryl/α,β-unsaturated/α-hetero) is 1. The van der Waals surface area contributed by atoms with Gasteiger partial charge in [0.2, 0.25) is 29.5 Å². The van der Waals surface area contributed by atoms with E-state index in [1.807, 2.05) is 0 Å². The van der Waals surface area contributed by atoms with Gasteiger partial charge in [-0.25, -0.2) is 19.7 Å². The summed E-state index contributed by atoms with van der Waals surface area (Å²) in [4.78, 5) is 124. The molecule has 0 spiro atoms. The first kappa shape index (κ1) is 61.0. The average molecular weight is 1070 g/mol. The van der Waals surface area contributed by atoms with Gasteiger partial charge in [-0.05, 0) is 71.1 Å². The maximum Gasteiger partial charge on any atom is 0.326 e. The van der Waals surface area contributed by atoms with Gasteiger partial charge in [0.15, 0.2) is 29.2 Å². The predicted octanol–water partition coefficient (Wildman–Crippen LogP) is -1.13. The number of carbonyl (C=O) groups is 8. The molecule has 2 aromatic heterocycles. The smallest absolute Gasteiger partial charge is 0.326 e. The lowest BCUT2D eigenvalue weighted by atomic mass is 9.98. The largest absolute Gasteiger partial charge is 0.497 e. The van der Waals surface area contributed by atoms with Gasteiger partial charge in [-0.1, -0.05) is 25.0 Å². The molecular weight excluding hydrogens is 995 g/mol. The Morgan fingerprint density at radius 2 is 1.57 bits per heavy atom. The molecule has 27 nitrogen and oxygen atoms in total. The summed E-state index contributed by atoms with van der Waals surface area (Å²) in [6.45, 7) is 5.19. The number of nitrogens with one attached hydrogen (secondary N) is 5. The number of esters is 1. The van der Waals surface area contributed by atoms with Crippen molar-refractivity contribution in [2.75, 3.05) is 45.8 Å². The van der Waals surface area contributed by atoms with Gasteiger partial charge in [0.1, 0.15) is 53.8 Å². The number of carbonyl (C=O) groups excluding carboxylic acids is 7. The molecule has 0 bridgehead atoms. The number of hydrogen-bond acceptors (Lipinski definition) is 18. The first-order valence-corrected chi connectivity index (χ1v) is 24.8. The van der Waals surface area contributed by atoms with E-state index in [1.54, 1.807) is 64.0 Å². The zero-order valence-electron chi connectivity index (χ0n) is 43.9. The molecule has 1 aliphatic heterocycles. The summed E-state index contributed by atoms with van der Waals surface area (Å²) < 4.78 is 18.2. The normalized spacial score (nSPS) is 17.8. The second-order valence-electron chi connectivity index (χ2n) is 19.5. The Hall–Kier alpha value is -7.52. The summed E-state index contributed by atoms with van der Waals surface area (Å²) in [5.41, 5.74) is 11.2. The van der Waals surface area contributed by atoms with Gasteiger partial charge in [0, 0.05) is 39.4 Å². The van der Waals surface area contributed by atoms with Gasteiger partial charge < -0.3 is 77.3 Å². The third kappa shape index (κ3) is 19.0. The van der Waals surface area contributed by atoms with Gasteiger partial charge in [-0.2, -0.15) is 0 Å². The van der Waals surface area contributed by atoms with Crippen LogP contribution in [0.15, 0.2) is 41.9 Å². The Kier molecular flexibility index (Phi) is 23.3. The second-order valence-corrected chi connectivity index (χ2v) is 19.5. The molecule has 5 amide bonds. The van der Waals surface area contributed by atoms with Crippen molar-refractivity contribution in [3.8, 4) is 5.75 Å². The summed E-state index contributed by atoms with van der Waals surface area (Å²) >= 11 is 0. The van der Waals surface area contributed by atoms with Gasteiger partial charge in [-0.15, -0.1) is 0 Å². The van der Waals surface area contributed by atoms with E-state index in [9.17, 15) is 53.7 Å². The highest BCUT2D eigenvalue weighted by Crippen LogP contribution is 2.33. The summed E-state index contributed by atoms with van der Waals surface area (Å²) in [6.07, 6.45) is -0.552. The number of aromatic nitrogens is 4. The standard InChI is InChI=1S/C49H73N13O14/c1-27(64)12-9-8-10-14-31(57-35(65)22-33(47(72)73)58-36(66)23-53-43(69)29(13-11-19-52-48(50)51)21-37(67)76-49(2,3)4)44(70)59-32(20-28-15-17-30(74-7)18-16-28)45(71)60-38-34(24-63)75-46(40(38)68)62-26-56-39-41(61(5)6)54-25-55-42(39)62/h15-18,25-26,29,31-34,38,40,46,63,68H,8-14,19-24H2,1-7H3,(H,53,69)(H,57,65)(H,58,66)(H,59,70)(H,60,71)(H,72,73)(H4,50,51,52)/t29?,31?,32?,33?,34-,38+,40?,46-/m1/s1. The predicted molar refractivity (Wildman–Crippen MR) is 274 cm³/mol. The lowest BCUT2D eigenvalue weighted by Gasteiger charge is -2.27. The number of unbranched alkanes of at least 4 members (excludes halogenated alkanes) is 2. The molecule has 3 aromatic rings. The van der Waals surface area contributed by atoms with Crippen molar-refractivity contribution in [3.63, 3.8) is 0 Å². The number of aliphatic hydroxyl groups excluding tert-OH is 2. The molecule has 27 heteroatoms. The van der Waals surface area contributed by atoms with Crippen LogP contribution in [0, 0.1) is 5.92 Å². The van der Waals surface area contributed by atoms with Gasteiger partial charge >= 0.3 is 11.9 Å². The fraction of sp³-hybridized carbons (Fsp3) is 0.592. The van der Waals surface area contributed by atoms with Crippen LogP contribution in [0.25, 0.3) is 11.2 Å². The van der Waals surface area contributed by atoms with Crippen molar-refractivity contribution < 1.29 is 67.9 Å². The number of nitrogens with two attached hydrogens (primary N) is 2. The molecule has 1 aliphatic rings. The van der Waals surface area contributed by atoms with E-state index in [0.29, 0.717) is 54.0 Å². The number of rotatable bonds is 30. The van der Waals surface area contributed by atoms with Crippen molar-refractivity contribution in [1.29, 1.82) is 0 Å². The molecule has 3 heterocycles. The second kappa shape index (κ2) is 29.0. The highest BCUT2D eigenvalue weighted by Gasteiger charge is 2.46. The van der Waals surface area contributed by atoms with E-state index in [0.717, 1.165) is 0 Å². The summed E-state index contributed by atoms with van der Waals surface area (Å²) in [6, 6.07) is 0.764. The molecule has 418 valence electrons. The molecule has 76 heavy (non-hydrogen) atoms. The fourth-order valence-corrected chi connectivity index (χ4v) is 8.22. The number of ether oxygens (including phenoxy) is 3. The Bertz CT molecular complexity index is 2510. The van der Waals surface area contributed by atoms with Crippen LogP contribution in [0.2, 0.25) is 0 Å². The number of carboxylic acid groups (broad SMARTS) is 1. The van der Waals surface area contributed by atoms with Gasteiger partial charge in [0.05, 0.1) is 45.5 Å². The zero-order chi connectivity index (χ0) is 56.3. The van der Waals surface area contributed by atoms with Crippen molar-refractivity contribution in [3.05, 3.63) is 42.5 Å². The Balaban J connectivity index is 1.51. The number of anilines is 1. The van der Waals surface area contributed by atoms with E-state index in [-0.39, 0.29) is 50.4 Å². The number of imidazole rings is 1. The number of nitrogens with zero attached hydrogens (tertiary/aromatic N) is 6. The fourth-order valence-electron chi connectivity index (χ4n) is 8.22. The lowest BCUT2D eigenvalue weighted by Crippen LogP contribution is -2.58. The third-order valence-electron chi connectivity index (χ3n) is 12.0. The Labute approximate surface area is 439 Å². The molecule has 5 unspecified atom stereocenters. The van der Waals surface area contributed by atoms with Crippen molar-refractivity contribution >= 4 is 70.2 Å². The minimum atomic E-state index is -1.85. The number of guanidine groups is 1.